The van der Waals surface area contributed by atoms with Gasteiger partial charge >= 0.3 is 0 Å². The first-order valence-electron chi connectivity index (χ1n) is 9.56. The van der Waals surface area contributed by atoms with Gasteiger partial charge in [-0.05, 0) is 44.0 Å². The number of para-hydroxylation sites is 1. The fraction of sp³-hybridized carbons (Fsp3) is 0.400. The van der Waals surface area contributed by atoms with Crippen molar-refractivity contribution in [1.29, 1.82) is 0 Å². The number of fused-ring (bicyclic) bond motifs is 1. The number of hydrogen-bond donors (Lipinski definition) is 0. The van der Waals surface area contributed by atoms with Gasteiger partial charge in [0.2, 0.25) is 5.91 Å². The van der Waals surface area contributed by atoms with Gasteiger partial charge < -0.3 is 4.90 Å². The predicted octanol–water partition coefficient (Wildman–Crippen LogP) is 3.90. The van der Waals surface area contributed by atoms with E-state index < -0.39 is 10.0 Å². The lowest BCUT2D eigenvalue weighted by molar-refractivity contribution is -0.131. The maximum absolute atomic E-state index is 12.8. The van der Waals surface area contributed by atoms with Crippen LogP contribution in [0.4, 0.5) is 0 Å². The number of aromatic nitrogens is 1. The van der Waals surface area contributed by atoms with Gasteiger partial charge in [0, 0.05) is 25.0 Å². The summed E-state index contributed by atoms with van der Waals surface area (Å²) in [5, 5.41) is 0.894. The number of amides is 1. The number of carbonyl (C=O) groups is 1. The van der Waals surface area contributed by atoms with Crippen LogP contribution in [0.15, 0.2) is 40.6 Å². The van der Waals surface area contributed by atoms with Crippen molar-refractivity contribution in [2.24, 2.45) is 0 Å². The Morgan fingerprint density at radius 2 is 1.90 bits per heavy atom. The molecule has 0 saturated carbocycles. The van der Waals surface area contributed by atoms with Crippen LogP contribution in [0.5, 0.6) is 0 Å². The molecule has 1 aromatic carbocycles. The Bertz CT molecular complexity index is 1100. The van der Waals surface area contributed by atoms with Gasteiger partial charge in [-0.1, -0.05) is 12.1 Å². The Kier molecular flexibility index (Phi) is 5.74. The summed E-state index contributed by atoms with van der Waals surface area (Å²) in [5.41, 5.74) is 0.940. The Morgan fingerprint density at radius 1 is 1.17 bits per heavy atom. The maximum atomic E-state index is 12.8. The van der Waals surface area contributed by atoms with Crippen molar-refractivity contribution >= 4 is 48.8 Å². The van der Waals surface area contributed by atoms with Crippen molar-refractivity contribution in [1.82, 2.24) is 14.2 Å². The highest BCUT2D eigenvalue weighted by Crippen LogP contribution is 2.31. The monoisotopic (exact) mass is 449 g/mol. The molecule has 1 aliphatic rings. The lowest BCUT2D eigenvalue weighted by Crippen LogP contribution is -2.30. The first-order valence-corrected chi connectivity index (χ1v) is 12.6. The number of hydrogen-bond acceptors (Lipinski definition) is 6. The minimum atomic E-state index is -3.43. The molecule has 1 atom stereocenters. The second-order valence-electron chi connectivity index (χ2n) is 7.21. The summed E-state index contributed by atoms with van der Waals surface area (Å²) in [6.07, 6.45) is 2.00. The van der Waals surface area contributed by atoms with Crippen LogP contribution in [0.3, 0.4) is 0 Å². The second-order valence-corrected chi connectivity index (χ2v) is 11.6. The molecule has 1 aliphatic heterocycles. The molecule has 0 spiro atoms. The summed E-state index contributed by atoms with van der Waals surface area (Å²) < 4.78 is 28.3. The number of sulfonamides is 1. The molecule has 0 bridgehead atoms. The van der Waals surface area contributed by atoms with Crippen molar-refractivity contribution in [3.05, 3.63) is 46.3 Å². The quantitative estimate of drug-likeness (QED) is 0.572. The molecule has 0 aliphatic carbocycles. The van der Waals surface area contributed by atoms with Gasteiger partial charge in [-0.15, -0.1) is 22.7 Å². The summed E-state index contributed by atoms with van der Waals surface area (Å²) in [6.45, 7) is 3.13. The highest BCUT2D eigenvalue weighted by atomic mass is 32.2. The number of nitrogens with zero attached hydrogens (tertiary/aromatic N) is 3. The lowest BCUT2D eigenvalue weighted by Gasteiger charge is -2.23. The average molecular weight is 450 g/mol. The maximum Gasteiger partial charge on any atom is 0.252 e. The van der Waals surface area contributed by atoms with Crippen LogP contribution in [0.2, 0.25) is 0 Å². The van der Waals surface area contributed by atoms with E-state index in [1.165, 1.54) is 15.6 Å². The van der Waals surface area contributed by atoms with Gasteiger partial charge in [-0.3, -0.25) is 4.79 Å². The van der Waals surface area contributed by atoms with E-state index in [2.05, 4.69) is 4.98 Å². The normalized spacial score (nSPS) is 16.3. The zero-order chi connectivity index (χ0) is 20.6. The van der Waals surface area contributed by atoms with Crippen molar-refractivity contribution < 1.29 is 13.2 Å². The molecule has 1 fully saturated rings. The zero-order valence-corrected chi connectivity index (χ0v) is 18.8. The van der Waals surface area contributed by atoms with E-state index in [1.807, 2.05) is 31.2 Å². The molecular weight excluding hydrogens is 426 g/mol. The molecule has 3 aromatic rings. The smallest absolute Gasteiger partial charge is 0.252 e. The molecule has 0 radical (unpaired) electrons. The van der Waals surface area contributed by atoms with E-state index in [1.54, 1.807) is 35.4 Å². The van der Waals surface area contributed by atoms with Crippen LogP contribution in [-0.4, -0.2) is 48.7 Å². The van der Waals surface area contributed by atoms with Crippen LogP contribution in [0.25, 0.3) is 10.2 Å². The third-order valence-electron chi connectivity index (χ3n) is 5.26. The molecule has 0 N–H and O–H groups in total. The molecule has 3 heterocycles. The zero-order valence-electron chi connectivity index (χ0n) is 16.4. The molecular formula is C20H23N3O3S3. The van der Waals surface area contributed by atoms with Gasteiger partial charge in [0.25, 0.3) is 10.0 Å². The first-order chi connectivity index (χ1) is 13.9. The van der Waals surface area contributed by atoms with E-state index in [0.29, 0.717) is 17.3 Å². The van der Waals surface area contributed by atoms with Crippen LogP contribution in [-0.2, 0) is 21.2 Å². The van der Waals surface area contributed by atoms with Crippen molar-refractivity contribution in [3.8, 4) is 0 Å². The SMILES string of the molecule is CC(c1nc2ccccc2s1)N(C)C(=O)Cc1ccc(S(=O)(=O)N2CCCC2)s1. The topological polar surface area (TPSA) is 70.6 Å². The molecule has 9 heteroatoms. The summed E-state index contributed by atoms with van der Waals surface area (Å²) >= 11 is 2.79. The number of carbonyl (C=O) groups excluding carboxylic acids is 1. The molecule has 6 nitrogen and oxygen atoms in total. The number of rotatable bonds is 6. The van der Waals surface area contributed by atoms with Gasteiger partial charge in [0.1, 0.15) is 9.22 Å². The Balaban J connectivity index is 1.45. The molecule has 1 unspecified atom stereocenters. The number of thiophene rings is 1. The average Bonchev–Trinajstić information content (AvgIpc) is 3.46. The fourth-order valence-corrected chi connectivity index (χ4v) is 7.45. The molecule has 29 heavy (non-hydrogen) atoms. The fourth-order valence-electron chi connectivity index (χ4n) is 3.37. The van der Waals surface area contributed by atoms with E-state index in [9.17, 15) is 13.2 Å². The van der Waals surface area contributed by atoms with Gasteiger partial charge in [0.05, 0.1) is 22.7 Å². The number of thiazole rings is 1. The van der Waals surface area contributed by atoms with Gasteiger partial charge in [-0.25, -0.2) is 13.4 Å². The van der Waals surface area contributed by atoms with Crippen molar-refractivity contribution in [3.63, 3.8) is 0 Å². The highest BCUT2D eigenvalue weighted by Gasteiger charge is 2.29. The standard InChI is InChI=1S/C20H23N3O3S3/c1-14(20-21-16-7-3-4-8-17(16)28-20)22(2)18(24)13-15-9-10-19(27-15)29(25,26)23-11-5-6-12-23/h3-4,7-10,14H,5-6,11-13H2,1-2H3. The van der Waals surface area contributed by atoms with Crippen LogP contribution < -0.4 is 0 Å². The van der Waals surface area contributed by atoms with Gasteiger partial charge in [-0.2, -0.15) is 4.31 Å². The van der Waals surface area contributed by atoms with Crippen molar-refractivity contribution in [2.45, 2.75) is 36.4 Å². The van der Waals surface area contributed by atoms with Crippen LogP contribution in [0, 0.1) is 0 Å². The Morgan fingerprint density at radius 3 is 2.62 bits per heavy atom. The van der Waals surface area contributed by atoms with Crippen molar-refractivity contribution in [2.75, 3.05) is 20.1 Å². The molecule has 1 saturated heterocycles. The highest BCUT2D eigenvalue weighted by molar-refractivity contribution is 7.91. The second kappa shape index (κ2) is 8.14. The largest absolute Gasteiger partial charge is 0.336 e. The summed E-state index contributed by atoms with van der Waals surface area (Å²) in [5.74, 6) is -0.0521. The number of likely N-dealkylation sites (N-methyl/N-ethyl adjacent to an activating group) is 1. The molecule has 1 amide bonds. The van der Waals surface area contributed by atoms with E-state index in [-0.39, 0.29) is 18.4 Å². The third kappa shape index (κ3) is 4.09. The predicted molar refractivity (Wildman–Crippen MR) is 117 cm³/mol. The minimum Gasteiger partial charge on any atom is -0.336 e. The molecule has 2 aromatic heterocycles. The lowest BCUT2D eigenvalue weighted by atomic mass is 10.2. The number of benzene rings is 1. The van der Waals surface area contributed by atoms with E-state index in [4.69, 9.17) is 0 Å². The summed E-state index contributed by atoms with van der Waals surface area (Å²) in [6, 6.07) is 11.2. The van der Waals surface area contributed by atoms with E-state index in [0.717, 1.165) is 32.9 Å². The van der Waals surface area contributed by atoms with Crippen LogP contribution in [0.1, 0.15) is 35.7 Å². The molecule has 154 valence electrons. The molecule has 4 rings (SSSR count). The minimum absolute atomic E-state index is 0.0521. The first kappa shape index (κ1) is 20.5. The Hall–Kier alpha value is -1.81. The van der Waals surface area contributed by atoms with E-state index >= 15 is 0 Å². The Labute approximate surface area is 178 Å². The summed E-state index contributed by atoms with van der Waals surface area (Å²) in [4.78, 5) is 19.9. The van der Waals surface area contributed by atoms with Crippen LogP contribution >= 0.6 is 22.7 Å². The summed E-state index contributed by atoms with van der Waals surface area (Å²) in [7, 11) is -1.66. The third-order valence-corrected chi connectivity index (χ3v) is 9.92. The van der Waals surface area contributed by atoms with Gasteiger partial charge in [0.15, 0.2) is 0 Å².